The number of benzene rings is 2. The lowest BCUT2D eigenvalue weighted by Gasteiger charge is -2.28. The summed E-state index contributed by atoms with van der Waals surface area (Å²) in [5.74, 6) is 2.85. The van der Waals surface area contributed by atoms with Crippen LogP contribution in [0.3, 0.4) is 0 Å². The van der Waals surface area contributed by atoms with E-state index < -0.39 is 6.04 Å². The monoisotopic (exact) mass is 478 g/mol. The summed E-state index contributed by atoms with van der Waals surface area (Å²) in [5.41, 5.74) is 3.41. The van der Waals surface area contributed by atoms with Gasteiger partial charge in [-0.2, -0.15) is 4.98 Å². The molecule has 0 aliphatic carbocycles. The van der Waals surface area contributed by atoms with E-state index in [2.05, 4.69) is 17.2 Å². The van der Waals surface area contributed by atoms with E-state index in [1.54, 1.807) is 23.4 Å². The molecule has 1 unspecified atom stereocenters. The second kappa shape index (κ2) is 10.8. The number of thioether (sulfide) groups is 1. The quantitative estimate of drug-likeness (QED) is 0.378. The Morgan fingerprint density at radius 3 is 2.62 bits per heavy atom. The van der Waals surface area contributed by atoms with Crippen LogP contribution in [-0.4, -0.2) is 32.9 Å². The molecule has 2 aromatic carbocycles. The molecule has 0 amide bonds. The fourth-order valence-electron chi connectivity index (χ4n) is 3.97. The first-order valence-corrected chi connectivity index (χ1v) is 12.5. The van der Waals surface area contributed by atoms with E-state index >= 15 is 0 Å². The number of nitrogens with one attached hydrogen (secondary N) is 1. The average Bonchev–Trinajstić information content (AvgIpc) is 3.24. The Kier molecular flexibility index (Phi) is 7.57. The molecule has 178 valence electrons. The van der Waals surface area contributed by atoms with Crippen LogP contribution in [0.2, 0.25) is 0 Å². The van der Waals surface area contributed by atoms with Gasteiger partial charge >= 0.3 is 0 Å². The van der Waals surface area contributed by atoms with Crippen LogP contribution in [-0.2, 0) is 11.4 Å². The molecule has 2 heterocycles. The number of rotatable bonds is 10. The maximum Gasteiger partial charge on any atom is 0.227 e. The summed E-state index contributed by atoms with van der Waals surface area (Å²) in [6, 6.07) is 15.4. The average molecular weight is 479 g/mol. The molecule has 0 spiro atoms. The molecule has 1 aromatic heterocycles. The minimum Gasteiger partial charge on any atom is -0.490 e. The van der Waals surface area contributed by atoms with E-state index in [1.807, 2.05) is 62.4 Å². The zero-order valence-electron chi connectivity index (χ0n) is 20.0. The number of carbonyl (C=O) groups is 1. The summed E-state index contributed by atoms with van der Waals surface area (Å²) >= 11 is 1.61. The van der Waals surface area contributed by atoms with Crippen molar-refractivity contribution in [1.82, 2.24) is 14.8 Å². The number of fused-ring (bicyclic) bond motifs is 1. The lowest BCUT2D eigenvalue weighted by molar-refractivity contribution is -0.114. The maximum atomic E-state index is 12.7. The summed E-state index contributed by atoms with van der Waals surface area (Å²) < 4.78 is 13.8. The summed E-state index contributed by atoms with van der Waals surface area (Å²) in [5, 5.41) is 8.69. The fraction of sp³-hybridized carbons (Fsp3) is 0.346. The first-order chi connectivity index (χ1) is 16.5. The Morgan fingerprint density at radius 1 is 1.12 bits per heavy atom. The van der Waals surface area contributed by atoms with Gasteiger partial charge in [-0.1, -0.05) is 55.1 Å². The molecular weight excluding hydrogens is 448 g/mol. The molecule has 3 aromatic rings. The molecule has 0 saturated carbocycles. The molecule has 1 aliphatic heterocycles. The Labute approximate surface area is 204 Å². The highest BCUT2D eigenvalue weighted by Crippen LogP contribution is 2.40. The Balaban J connectivity index is 1.71. The highest BCUT2D eigenvalue weighted by atomic mass is 32.2. The van der Waals surface area contributed by atoms with Crippen LogP contribution < -0.4 is 14.8 Å². The van der Waals surface area contributed by atoms with Gasteiger partial charge in [-0.25, -0.2) is 4.68 Å². The van der Waals surface area contributed by atoms with E-state index in [-0.39, 0.29) is 5.78 Å². The van der Waals surface area contributed by atoms with Gasteiger partial charge in [0.15, 0.2) is 17.3 Å². The Bertz CT molecular complexity index is 1190. The topological polar surface area (TPSA) is 78.3 Å². The molecule has 0 radical (unpaired) electrons. The Morgan fingerprint density at radius 2 is 1.91 bits per heavy atom. The normalized spacial score (nSPS) is 15.0. The SMILES string of the molecule is CCCSc1nc2n(n1)C(c1ccc(OCc3ccccc3)c(OCC)c1)C(C(C)=O)=C(C)N2. The van der Waals surface area contributed by atoms with Gasteiger partial charge in [0.25, 0.3) is 0 Å². The van der Waals surface area contributed by atoms with Crippen LogP contribution in [0, 0.1) is 0 Å². The van der Waals surface area contributed by atoms with Crippen LogP contribution >= 0.6 is 11.8 Å². The predicted molar refractivity (Wildman–Crippen MR) is 135 cm³/mol. The molecule has 1 aliphatic rings. The van der Waals surface area contributed by atoms with Gasteiger partial charge in [0.1, 0.15) is 12.6 Å². The third-order valence-corrected chi connectivity index (χ3v) is 6.51. The molecule has 1 atom stereocenters. The van der Waals surface area contributed by atoms with Gasteiger partial charge in [-0.05, 0) is 50.5 Å². The predicted octanol–water partition coefficient (Wildman–Crippen LogP) is 5.64. The van der Waals surface area contributed by atoms with Crippen molar-refractivity contribution >= 4 is 23.5 Å². The molecular formula is C26H30N4O3S. The minimum atomic E-state index is -0.403. The van der Waals surface area contributed by atoms with Crippen LogP contribution in [0.1, 0.15) is 51.3 Å². The van der Waals surface area contributed by atoms with Crippen LogP contribution in [0.4, 0.5) is 5.95 Å². The van der Waals surface area contributed by atoms with Gasteiger partial charge < -0.3 is 14.8 Å². The van der Waals surface area contributed by atoms with Crippen molar-refractivity contribution in [3.8, 4) is 11.5 Å². The third kappa shape index (κ3) is 5.12. The number of hydrogen-bond donors (Lipinski definition) is 1. The maximum absolute atomic E-state index is 12.7. The van der Waals surface area contributed by atoms with Crippen molar-refractivity contribution in [2.45, 2.75) is 51.9 Å². The van der Waals surface area contributed by atoms with Gasteiger partial charge in [0, 0.05) is 17.0 Å². The second-order valence-electron chi connectivity index (χ2n) is 8.05. The lowest BCUT2D eigenvalue weighted by Crippen LogP contribution is -2.27. The number of ketones is 1. The molecule has 8 heteroatoms. The smallest absolute Gasteiger partial charge is 0.227 e. The van der Waals surface area contributed by atoms with Crippen LogP contribution in [0.25, 0.3) is 0 Å². The third-order valence-electron chi connectivity index (χ3n) is 5.47. The van der Waals surface area contributed by atoms with Gasteiger partial charge in [0.2, 0.25) is 11.1 Å². The minimum absolute atomic E-state index is 0.0127. The van der Waals surface area contributed by atoms with E-state index in [1.165, 1.54) is 0 Å². The van der Waals surface area contributed by atoms with E-state index in [9.17, 15) is 4.79 Å². The highest BCUT2D eigenvalue weighted by molar-refractivity contribution is 7.99. The fourth-order valence-corrected chi connectivity index (χ4v) is 4.65. The summed E-state index contributed by atoms with van der Waals surface area (Å²) in [7, 11) is 0. The molecule has 0 bridgehead atoms. The molecule has 34 heavy (non-hydrogen) atoms. The number of allylic oxidation sites excluding steroid dienone is 2. The highest BCUT2D eigenvalue weighted by Gasteiger charge is 2.33. The summed E-state index contributed by atoms with van der Waals surface area (Å²) in [4.78, 5) is 17.3. The number of nitrogens with zero attached hydrogens (tertiary/aromatic N) is 3. The van der Waals surface area contributed by atoms with E-state index in [0.29, 0.717) is 41.4 Å². The summed E-state index contributed by atoms with van der Waals surface area (Å²) in [6.45, 7) is 8.50. The first-order valence-electron chi connectivity index (χ1n) is 11.5. The van der Waals surface area contributed by atoms with Crippen molar-refractivity contribution in [1.29, 1.82) is 0 Å². The second-order valence-corrected chi connectivity index (χ2v) is 9.11. The van der Waals surface area contributed by atoms with Crippen molar-refractivity contribution in [3.05, 3.63) is 70.9 Å². The summed E-state index contributed by atoms with van der Waals surface area (Å²) in [6.07, 6.45) is 1.03. The van der Waals surface area contributed by atoms with Crippen molar-refractivity contribution in [2.75, 3.05) is 17.7 Å². The van der Waals surface area contributed by atoms with Gasteiger partial charge in [-0.15, -0.1) is 5.10 Å². The lowest BCUT2D eigenvalue weighted by atomic mass is 9.93. The van der Waals surface area contributed by atoms with Gasteiger partial charge in [-0.3, -0.25) is 4.79 Å². The van der Waals surface area contributed by atoms with Crippen molar-refractivity contribution in [2.24, 2.45) is 0 Å². The van der Waals surface area contributed by atoms with Crippen molar-refractivity contribution in [3.63, 3.8) is 0 Å². The first kappa shape index (κ1) is 23.9. The number of hydrogen-bond acceptors (Lipinski definition) is 7. The zero-order valence-corrected chi connectivity index (χ0v) is 20.8. The number of aromatic nitrogens is 3. The number of carbonyl (C=O) groups excluding carboxylic acids is 1. The molecule has 0 fully saturated rings. The molecule has 7 nitrogen and oxygen atoms in total. The van der Waals surface area contributed by atoms with Crippen LogP contribution in [0.15, 0.2) is 65.0 Å². The largest absolute Gasteiger partial charge is 0.490 e. The molecule has 1 N–H and O–H groups in total. The number of Topliss-reactive ketones (excluding diaryl/α,β-unsaturated/α-hetero) is 1. The number of anilines is 1. The molecule has 0 saturated heterocycles. The Hall–Kier alpha value is -3.26. The van der Waals surface area contributed by atoms with Crippen molar-refractivity contribution < 1.29 is 14.3 Å². The van der Waals surface area contributed by atoms with Crippen LogP contribution in [0.5, 0.6) is 11.5 Å². The van der Waals surface area contributed by atoms with Gasteiger partial charge in [0.05, 0.1) is 6.61 Å². The standard InChI is InChI=1S/C26H30N4O3S/c1-5-14-34-26-28-25-27-17(3)23(18(4)31)24(30(25)29-26)20-12-13-21(22(15-20)32-6-2)33-16-19-10-8-7-9-11-19/h7-13,15,24H,5-6,14,16H2,1-4H3,(H,27,28,29). The molecule has 4 rings (SSSR count). The van der Waals surface area contributed by atoms with E-state index in [4.69, 9.17) is 14.6 Å². The number of ether oxygens (including phenoxy) is 2. The zero-order chi connectivity index (χ0) is 24.1. The van der Waals surface area contributed by atoms with E-state index in [0.717, 1.165) is 29.0 Å².